The molecular formula is C8H14N4O4S. The summed E-state index contributed by atoms with van der Waals surface area (Å²) in [4.78, 5) is 11.5. The van der Waals surface area contributed by atoms with Gasteiger partial charge in [0.15, 0.2) is 0 Å². The molecule has 0 aromatic carbocycles. The molecule has 1 aromatic heterocycles. The predicted molar refractivity (Wildman–Crippen MR) is 59.2 cm³/mol. The number of rotatable bonds is 4. The van der Waals surface area contributed by atoms with Crippen LogP contribution in [0.1, 0.15) is 20.3 Å². The molecule has 0 saturated heterocycles. The first-order chi connectivity index (χ1) is 7.94. The summed E-state index contributed by atoms with van der Waals surface area (Å²) >= 11 is 0. The Morgan fingerprint density at radius 1 is 1.41 bits per heavy atom. The van der Waals surface area contributed by atoms with E-state index in [1.54, 1.807) is 13.8 Å². The lowest BCUT2D eigenvalue weighted by Crippen LogP contribution is -2.22. The smallest absolute Gasteiger partial charge is 0.423 e. The zero-order chi connectivity index (χ0) is 13.1. The molecule has 0 radical (unpaired) electrons. The fourth-order valence-corrected chi connectivity index (χ4v) is 2.53. The molecule has 0 spiro atoms. The van der Waals surface area contributed by atoms with Gasteiger partial charge in [-0.25, -0.2) is 13.2 Å². The number of hydrogen-bond acceptors (Lipinski definition) is 7. The van der Waals surface area contributed by atoms with Crippen molar-refractivity contribution in [2.75, 3.05) is 18.1 Å². The van der Waals surface area contributed by atoms with Crippen molar-refractivity contribution in [2.24, 2.45) is 0 Å². The quantitative estimate of drug-likeness (QED) is 0.814. The lowest BCUT2D eigenvalue weighted by atomic mass is 10.6. The second-order valence-corrected chi connectivity index (χ2v) is 5.20. The Balaban J connectivity index is 3.23. The first-order valence-corrected chi connectivity index (χ1v) is 6.70. The minimum absolute atomic E-state index is 0.101. The van der Waals surface area contributed by atoms with Crippen molar-refractivity contribution in [2.45, 2.75) is 25.4 Å². The number of carbonyl (C=O) groups is 1. The maximum Gasteiger partial charge on any atom is 0.423 e. The maximum absolute atomic E-state index is 11.8. The van der Waals surface area contributed by atoms with Crippen molar-refractivity contribution in [1.82, 2.24) is 14.8 Å². The molecule has 0 aliphatic carbocycles. The molecule has 0 amide bonds. The highest BCUT2D eigenvalue weighted by atomic mass is 32.2. The molecule has 8 nitrogen and oxygen atoms in total. The summed E-state index contributed by atoms with van der Waals surface area (Å²) in [6.45, 7) is 3.40. The van der Waals surface area contributed by atoms with Crippen LogP contribution in [0.25, 0.3) is 0 Å². The number of nitrogens with zero attached hydrogens (tertiary/aromatic N) is 3. The molecule has 0 aliphatic rings. The third-order valence-electron chi connectivity index (χ3n) is 1.86. The molecule has 96 valence electrons. The Hall–Kier alpha value is -1.64. The van der Waals surface area contributed by atoms with Gasteiger partial charge < -0.3 is 10.5 Å². The van der Waals surface area contributed by atoms with Crippen molar-refractivity contribution >= 4 is 21.9 Å². The summed E-state index contributed by atoms with van der Waals surface area (Å²) in [5.74, 6) is -0.442. The Labute approximate surface area is 98.7 Å². The van der Waals surface area contributed by atoms with Crippen LogP contribution in [0.5, 0.6) is 0 Å². The monoisotopic (exact) mass is 262 g/mol. The molecule has 0 unspecified atom stereocenters. The van der Waals surface area contributed by atoms with Crippen molar-refractivity contribution in [3.63, 3.8) is 0 Å². The Morgan fingerprint density at radius 2 is 2.06 bits per heavy atom. The number of sulfone groups is 1. The van der Waals surface area contributed by atoms with Gasteiger partial charge in [-0.05, 0) is 13.3 Å². The van der Waals surface area contributed by atoms with E-state index in [9.17, 15) is 13.2 Å². The van der Waals surface area contributed by atoms with Gasteiger partial charge in [0.2, 0.25) is 15.8 Å². The summed E-state index contributed by atoms with van der Waals surface area (Å²) in [5.41, 5.74) is 5.39. The second kappa shape index (κ2) is 5.13. The van der Waals surface area contributed by atoms with Crippen LogP contribution < -0.4 is 5.73 Å². The number of aromatic nitrogens is 3. The molecule has 0 aliphatic heterocycles. The van der Waals surface area contributed by atoms with E-state index in [0.717, 1.165) is 0 Å². The molecular weight excluding hydrogens is 248 g/mol. The van der Waals surface area contributed by atoms with Crippen LogP contribution in [0.4, 0.5) is 10.7 Å². The van der Waals surface area contributed by atoms with Gasteiger partial charge >= 0.3 is 6.09 Å². The van der Waals surface area contributed by atoms with E-state index in [1.807, 2.05) is 0 Å². The number of ether oxygens (including phenoxy) is 1. The Kier molecular flexibility index (Phi) is 4.05. The van der Waals surface area contributed by atoms with E-state index in [-0.39, 0.29) is 18.3 Å². The Bertz CT molecular complexity index is 508. The minimum Gasteiger partial charge on any atom is -0.449 e. The molecule has 2 N–H and O–H groups in total. The first kappa shape index (κ1) is 13.4. The summed E-state index contributed by atoms with van der Waals surface area (Å²) in [5, 5.41) is 6.31. The summed E-state index contributed by atoms with van der Waals surface area (Å²) in [6.07, 6.45) is -0.498. The molecule has 1 rings (SSSR count). The van der Waals surface area contributed by atoms with Gasteiger partial charge in [-0.1, -0.05) is 6.92 Å². The van der Waals surface area contributed by atoms with Crippen LogP contribution in [-0.2, 0) is 14.6 Å². The zero-order valence-corrected chi connectivity index (χ0v) is 10.4. The van der Waals surface area contributed by atoms with E-state index >= 15 is 0 Å². The highest BCUT2D eigenvalue weighted by Crippen LogP contribution is 2.13. The van der Waals surface area contributed by atoms with Gasteiger partial charge in [0.1, 0.15) is 0 Å². The standard InChI is InChI=1S/C8H14N4O4S/c1-3-5-17(14,15)7-11-10-6(9)12(7)8(13)16-4-2/h3-5H2,1-2H3,(H2,9,10). The van der Waals surface area contributed by atoms with Gasteiger partial charge in [0.25, 0.3) is 5.16 Å². The van der Waals surface area contributed by atoms with E-state index < -0.39 is 21.1 Å². The van der Waals surface area contributed by atoms with Gasteiger partial charge in [0.05, 0.1) is 12.4 Å². The van der Waals surface area contributed by atoms with E-state index in [2.05, 4.69) is 14.9 Å². The average molecular weight is 262 g/mol. The molecule has 0 atom stereocenters. The van der Waals surface area contributed by atoms with Crippen LogP contribution in [0, 0.1) is 0 Å². The van der Waals surface area contributed by atoms with Crippen LogP contribution in [0.15, 0.2) is 5.16 Å². The fraction of sp³-hybridized carbons (Fsp3) is 0.625. The molecule has 0 bridgehead atoms. The number of hydrogen-bond donors (Lipinski definition) is 1. The largest absolute Gasteiger partial charge is 0.449 e. The summed E-state index contributed by atoms with van der Waals surface area (Å²) in [7, 11) is -3.67. The number of nitrogen functional groups attached to an aromatic ring is 1. The van der Waals surface area contributed by atoms with E-state index in [1.165, 1.54) is 0 Å². The molecule has 0 fully saturated rings. The molecule has 0 saturated carbocycles. The van der Waals surface area contributed by atoms with Gasteiger partial charge in [0, 0.05) is 0 Å². The lowest BCUT2D eigenvalue weighted by molar-refractivity contribution is 0.152. The second-order valence-electron chi connectivity index (χ2n) is 3.19. The summed E-state index contributed by atoms with van der Waals surface area (Å²) in [6, 6.07) is 0. The highest BCUT2D eigenvalue weighted by Gasteiger charge is 2.27. The predicted octanol–water partition coefficient (Wildman–Crippen LogP) is 0.0486. The molecule has 9 heteroatoms. The minimum atomic E-state index is -3.67. The van der Waals surface area contributed by atoms with Crippen LogP contribution in [0.2, 0.25) is 0 Å². The Morgan fingerprint density at radius 3 is 2.59 bits per heavy atom. The highest BCUT2D eigenvalue weighted by molar-refractivity contribution is 7.91. The number of nitrogens with two attached hydrogens (primary N) is 1. The molecule has 17 heavy (non-hydrogen) atoms. The lowest BCUT2D eigenvalue weighted by Gasteiger charge is -2.06. The zero-order valence-electron chi connectivity index (χ0n) is 9.58. The SMILES string of the molecule is CCCS(=O)(=O)c1nnc(N)n1C(=O)OCC. The third-order valence-corrected chi connectivity index (χ3v) is 3.63. The van der Waals surface area contributed by atoms with Crippen LogP contribution in [-0.4, -0.2) is 41.6 Å². The van der Waals surface area contributed by atoms with E-state index in [0.29, 0.717) is 11.0 Å². The van der Waals surface area contributed by atoms with Crippen LogP contribution >= 0.6 is 0 Å². The average Bonchev–Trinajstić information content (AvgIpc) is 2.61. The summed E-state index contributed by atoms with van der Waals surface area (Å²) < 4.78 is 28.9. The topological polar surface area (TPSA) is 117 Å². The number of anilines is 1. The maximum atomic E-state index is 11.8. The van der Waals surface area contributed by atoms with E-state index in [4.69, 9.17) is 5.73 Å². The molecule has 1 aromatic rings. The third kappa shape index (κ3) is 2.73. The molecule has 1 heterocycles. The normalized spacial score (nSPS) is 11.4. The van der Waals surface area contributed by atoms with Crippen LogP contribution in [0.3, 0.4) is 0 Å². The first-order valence-electron chi connectivity index (χ1n) is 5.04. The van der Waals surface area contributed by atoms with Gasteiger partial charge in [-0.3, -0.25) is 0 Å². The van der Waals surface area contributed by atoms with Crippen molar-refractivity contribution in [3.05, 3.63) is 0 Å². The van der Waals surface area contributed by atoms with Gasteiger partial charge in [-0.15, -0.1) is 10.2 Å². The van der Waals surface area contributed by atoms with Crippen molar-refractivity contribution in [3.8, 4) is 0 Å². The van der Waals surface area contributed by atoms with Crippen molar-refractivity contribution in [1.29, 1.82) is 0 Å². The van der Waals surface area contributed by atoms with Crippen molar-refractivity contribution < 1.29 is 17.9 Å². The fourth-order valence-electron chi connectivity index (χ4n) is 1.20. The number of carbonyl (C=O) groups excluding carboxylic acids is 1. The van der Waals surface area contributed by atoms with Gasteiger partial charge in [-0.2, -0.15) is 4.57 Å².